The minimum absolute atomic E-state index is 0.0481. The van der Waals surface area contributed by atoms with Crippen LogP contribution < -0.4 is 10.1 Å². The van der Waals surface area contributed by atoms with Crippen molar-refractivity contribution in [2.75, 3.05) is 6.61 Å². The molecule has 1 aliphatic carbocycles. The summed E-state index contributed by atoms with van der Waals surface area (Å²) in [6, 6.07) is 3.82. The van der Waals surface area contributed by atoms with Gasteiger partial charge in [0, 0.05) is 18.3 Å². The van der Waals surface area contributed by atoms with Crippen LogP contribution in [0.2, 0.25) is 0 Å². The molecule has 0 aromatic carbocycles. The third kappa shape index (κ3) is 2.68. The van der Waals surface area contributed by atoms with Crippen LogP contribution in [-0.4, -0.2) is 23.5 Å². The highest BCUT2D eigenvalue weighted by Gasteiger charge is 2.23. The van der Waals surface area contributed by atoms with E-state index in [1.54, 1.807) is 18.3 Å². The van der Waals surface area contributed by atoms with E-state index in [2.05, 4.69) is 10.3 Å². The third-order valence-corrected chi connectivity index (χ3v) is 2.20. The molecule has 1 heterocycles. The number of nitrogens with one attached hydrogen (secondary N) is 1. The van der Waals surface area contributed by atoms with Gasteiger partial charge in [-0.3, -0.25) is 4.79 Å². The zero-order valence-electron chi connectivity index (χ0n) is 8.69. The second kappa shape index (κ2) is 4.29. The Bertz CT molecular complexity index is 344. The van der Waals surface area contributed by atoms with Crippen LogP contribution in [0.15, 0.2) is 18.3 Å². The van der Waals surface area contributed by atoms with E-state index in [0.717, 1.165) is 12.8 Å². The third-order valence-electron chi connectivity index (χ3n) is 2.20. The quantitative estimate of drug-likeness (QED) is 0.809. The minimum atomic E-state index is -0.0481. The fourth-order valence-electron chi connectivity index (χ4n) is 1.24. The van der Waals surface area contributed by atoms with Crippen molar-refractivity contribution < 1.29 is 9.53 Å². The first kappa shape index (κ1) is 9.96. The molecule has 80 valence electrons. The van der Waals surface area contributed by atoms with Crippen LogP contribution in [-0.2, 0) is 0 Å². The Hall–Kier alpha value is -1.58. The minimum Gasteiger partial charge on any atom is -0.478 e. The van der Waals surface area contributed by atoms with Crippen LogP contribution in [0.25, 0.3) is 0 Å². The van der Waals surface area contributed by atoms with Crippen molar-refractivity contribution in [1.29, 1.82) is 0 Å². The van der Waals surface area contributed by atoms with E-state index in [9.17, 15) is 4.79 Å². The van der Waals surface area contributed by atoms with Crippen LogP contribution in [0.1, 0.15) is 30.1 Å². The Labute approximate surface area is 88.7 Å². The molecule has 4 nitrogen and oxygen atoms in total. The highest BCUT2D eigenvalue weighted by molar-refractivity contribution is 5.94. The Morgan fingerprint density at radius 3 is 2.93 bits per heavy atom. The van der Waals surface area contributed by atoms with Crippen LogP contribution in [0.3, 0.4) is 0 Å². The molecule has 0 radical (unpaired) electrons. The summed E-state index contributed by atoms with van der Waals surface area (Å²) < 4.78 is 5.19. The molecule has 4 heteroatoms. The van der Waals surface area contributed by atoms with E-state index in [1.807, 2.05) is 6.92 Å². The van der Waals surface area contributed by atoms with Crippen molar-refractivity contribution >= 4 is 5.91 Å². The van der Waals surface area contributed by atoms with Gasteiger partial charge in [-0.05, 0) is 25.8 Å². The van der Waals surface area contributed by atoms with Gasteiger partial charge in [-0.1, -0.05) is 0 Å². The fraction of sp³-hybridized carbons (Fsp3) is 0.455. The van der Waals surface area contributed by atoms with E-state index in [0.29, 0.717) is 24.1 Å². The summed E-state index contributed by atoms with van der Waals surface area (Å²) in [6.45, 7) is 2.48. The fourth-order valence-corrected chi connectivity index (χ4v) is 1.24. The normalized spacial score (nSPS) is 14.7. The molecule has 1 aliphatic rings. The van der Waals surface area contributed by atoms with Crippen LogP contribution in [0, 0.1) is 0 Å². The lowest BCUT2D eigenvalue weighted by Crippen LogP contribution is -2.25. The lowest BCUT2D eigenvalue weighted by atomic mass is 10.2. The van der Waals surface area contributed by atoms with Crippen molar-refractivity contribution in [1.82, 2.24) is 10.3 Å². The molecule has 1 aromatic rings. The largest absolute Gasteiger partial charge is 0.478 e. The zero-order valence-corrected chi connectivity index (χ0v) is 8.69. The monoisotopic (exact) mass is 206 g/mol. The van der Waals surface area contributed by atoms with E-state index >= 15 is 0 Å². The number of hydrogen-bond donors (Lipinski definition) is 1. The molecule has 0 atom stereocenters. The molecule has 1 fully saturated rings. The highest BCUT2D eigenvalue weighted by atomic mass is 16.5. The summed E-state index contributed by atoms with van der Waals surface area (Å²) in [5.74, 6) is 0.508. The van der Waals surface area contributed by atoms with E-state index in [4.69, 9.17) is 4.74 Å². The van der Waals surface area contributed by atoms with Gasteiger partial charge >= 0.3 is 0 Å². The standard InChI is InChI=1S/C11H14N2O2/c1-2-15-10-6-3-8(7-12-10)11(14)13-9-4-5-9/h3,6-7,9H,2,4-5H2,1H3,(H,13,14). The SMILES string of the molecule is CCOc1ccc(C(=O)NC2CC2)cn1. The number of amides is 1. The zero-order chi connectivity index (χ0) is 10.7. The maximum Gasteiger partial charge on any atom is 0.253 e. The number of carbonyl (C=O) groups is 1. The van der Waals surface area contributed by atoms with Gasteiger partial charge < -0.3 is 10.1 Å². The molecule has 1 amide bonds. The predicted octanol–water partition coefficient (Wildman–Crippen LogP) is 1.37. The van der Waals surface area contributed by atoms with Gasteiger partial charge in [-0.15, -0.1) is 0 Å². The van der Waals surface area contributed by atoms with Crippen LogP contribution >= 0.6 is 0 Å². The number of ether oxygens (including phenoxy) is 1. The van der Waals surface area contributed by atoms with Crippen molar-refractivity contribution in [3.8, 4) is 5.88 Å². The number of pyridine rings is 1. The van der Waals surface area contributed by atoms with Gasteiger partial charge in [0.05, 0.1) is 12.2 Å². The van der Waals surface area contributed by atoms with Gasteiger partial charge in [0.2, 0.25) is 5.88 Å². The molecule has 2 rings (SSSR count). The molecule has 1 N–H and O–H groups in total. The van der Waals surface area contributed by atoms with Crippen molar-refractivity contribution in [2.45, 2.75) is 25.8 Å². The smallest absolute Gasteiger partial charge is 0.253 e. The Kier molecular flexibility index (Phi) is 2.85. The molecule has 1 saturated carbocycles. The van der Waals surface area contributed by atoms with Gasteiger partial charge in [0.15, 0.2) is 0 Å². The maximum atomic E-state index is 11.6. The molecule has 0 spiro atoms. The van der Waals surface area contributed by atoms with E-state index in [1.165, 1.54) is 0 Å². The molecule has 1 aromatic heterocycles. The summed E-state index contributed by atoms with van der Waals surface area (Å²) in [5, 5.41) is 2.90. The van der Waals surface area contributed by atoms with Gasteiger partial charge in [-0.25, -0.2) is 4.98 Å². The first-order chi connectivity index (χ1) is 7.29. The molecule has 0 bridgehead atoms. The average Bonchev–Trinajstić information content (AvgIpc) is 3.03. The Balaban J connectivity index is 1.98. The maximum absolute atomic E-state index is 11.6. The molecule has 15 heavy (non-hydrogen) atoms. The Morgan fingerprint density at radius 1 is 1.60 bits per heavy atom. The summed E-state index contributed by atoms with van der Waals surface area (Å²) in [5.41, 5.74) is 0.588. The molecule has 0 saturated heterocycles. The van der Waals surface area contributed by atoms with Gasteiger partial charge in [-0.2, -0.15) is 0 Å². The number of nitrogens with zero attached hydrogens (tertiary/aromatic N) is 1. The topological polar surface area (TPSA) is 51.2 Å². The van der Waals surface area contributed by atoms with Crippen molar-refractivity contribution in [2.24, 2.45) is 0 Å². The lowest BCUT2D eigenvalue weighted by Gasteiger charge is -2.04. The molecular weight excluding hydrogens is 192 g/mol. The summed E-state index contributed by atoms with van der Waals surface area (Å²) >= 11 is 0. The lowest BCUT2D eigenvalue weighted by molar-refractivity contribution is 0.0950. The molecule has 0 unspecified atom stereocenters. The second-order valence-electron chi connectivity index (χ2n) is 3.57. The number of rotatable bonds is 4. The first-order valence-corrected chi connectivity index (χ1v) is 5.19. The molecular formula is C11H14N2O2. The highest BCUT2D eigenvalue weighted by Crippen LogP contribution is 2.19. The van der Waals surface area contributed by atoms with Gasteiger partial charge in [0.1, 0.15) is 0 Å². The van der Waals surface area contributed by atoms with Crippen LogP contribution in [0.4, 0.5) is 0 Å². The number of hydrogen-bond acceptors (Lipinski definition) is 3. The second-order valence-corrected chi connectivity index (χ2v) is 3.57. The van der Waals surface area contributed by atoms with Crippen LogP contribution in [0.5, 0.6) is 5.88 Å². The Morgan fingerprint density at radius 2 is 2.40 bits per heavy atom. The average molecular weight is 206 g/mol. The van der Waals surface area contributed by atoms with E-state index < -0.39 is 0 Å². The summed E-state index contributed by atoms with van der Waals surface area (Å²) in [6.07, 6.45) is 3.73. The number of aromatic nitrogens is 1. The predicted molar refractivity (Wildman–Crippen MR) is 55.9 cm³/mol. The van der Waals surface area contributed by atoms with Crippen molar-refractivity contribution in [3.63, 3.8) is 0 Å². The van der Waals surface area contributed by atoms with Gasteiger partial charge in [0.25, 0.3) is 5.91 Å². The van der Waals surface area contributed by atoms with E-state index in [-0.39, 0.29) is 5.91 Å². The summed E-state index contributed by atoms with van der Waals surface area (Å²) in [4.78, 5) is 15.6. The summed E-state index contributed by atoms with van der Waals surface area (Å²) in [7, 11) is 0. The number of carbonyl (C=O) groups excluding carboxylic acids is 1. The first-order valence-electron chi connectivity index (χ1n) is 5.19. The van der Waals surface area contributed by atoms with Crippen molar-refractivity contribution in [3.05, 3.63) is 23.9 Å². The molecule has 0 aliphatic heterocycles.